The number of aliphatic imine (C=N–C) groups is 1. The fourth-order valence-electron chi connectivity index (χ4n) is 2.76. The first kappa shape index (κ1) is 16.1. The first-order valence-corrected chi connectivity index (χ1v) is 9.36. The average molecular weight is 366 g/mol. The van der Waals surface area contributed by atoms with Gasteiger partial charge in [0.1, 0.15) is 0 Å². The van der Waals surface area contributed by atoms with E-state index < -0.39 is 0 Å². The molecule has 1 aliphatic heterocycles. The highest BCUT2D eigenvalue weighted by Crippen LogP contribution is 2.28. The molecule has 0 radical (unpaired) electrons. The molecule has 5 heteroatoms. The van der Waals surface area contributed by atoms with Gasteiger partial charge in [-0.1, -0.05) is 42.8 Å². The molecule has 1 aliphatic rings. The van der Waals surface area contributed by atoms with E-state index in [2.05, 4.69) is 35.7 Å². The van der Waals surface area contributed by atoms with E-state index in [0.717, 1.165) is 39.7 Å². The van der Waals surface area contributed by atoms with Crippen LogP contribution in [0.25, 0.3) is 0 Å². The lowest BCUT2D eigenvalue weighted by molar-refractivity contribution is 1.03. The van der Waals surface area contributed by atoms with Gasteiger partial charge in [0.05, 0.1) is 16.3 Å². The summed E-state index contributed by atoms with van der Waals surface area (Å²) in [4.78, 5) is 5.89. The predicted molar refractivity (Wildman–Crippen MR) is 107 cm³/mol. The van der Waals surface area contributed by atoms with E-state index in [-0.39, 0.29) is 0 Å². The molecule has 2 aromatic carbocycles. The molecule has 0 fully saturated rings. The van der Waals surface area contributed by atoms with Gasteiger partial charge in [0.15, 0.2) is 5.84 Å². The van der Waals surface area contributed by atoms with Crippen LogP contribution in [0.15, 0.2) is 70.1 Å². The Morgan fingerprint density at radius 2 is 1.92 bits per heavy atom. The molecule has 0 amide bonds. The summed E-state index contributed by atoms with van der Waals surface area (Å²) in [6.45, 7) is 2.15. The molecule has 1 aromatic heterocycles. The molecule has 4 rings (SSSR count). The maximum Gasteiger partial charge on any atom is 0.164 e. The Balaban J connectivity index is 1.88. The molecule has 0 atom stereocenters. The van der Waals surface area contributed by atoms with Gasteiger partial charge in [0.25, 0.3) is 0 Å². The highest BCUT2D eigenvalue weighted by atomic mass is 35.5. The zero-order chi connectivity index (χ0) is 17.2. The molecule has 2 heterocycles. The number of benzene rings is 2. The number of thiophene rings is 1. The summed E-state index contributed by atoms with van der Waals surface area (Å²) in [7, 11) is 0. The van der Waals surface area contributed by atoms with E-state index in [1.165, 1.54) is 5.56 Å². The van der Waals surface area contributed by atoms with Crippen LogP contribution in [0.3, 0.4) is 0 Å². The summed E-state index contributed by atoms with van der Waals surface area (Å²) in [6, 6.07) is 18.2. The SMILES string of the molecule is CCc1ccc2c(c1)C(c1ccc(Cl)cc1)=NNC(c1cccs1)=N2. The van der Waals surface area contributed by atoms with Crippen molar-refractivity contribution in [1.82, 2.24) is 5.43 Å². The minimum atomic E-state index is 0.712. The highest BCUT2D eigenvalue weighted by molar-refractivity contribution is 7.12. The molecule has 25 heavy (non-hydrogen) atoms. The molecule has 3 nitrogen and oxygen atoms in total. The van der Waals surface area contributed by atoms with Crippen molar-refractivity contribution in [3.05, 3.63) is 86.6 Å². The number of fused-ring (bicyclic) bond motifs is 1. The van der Waals surface area contributed by atoms with Crippen LogP contribution < -0.4 is 5.43 Å². The number of rotatable bonds is 3. The number of halogens is 1. The number of amidine groups is 1. The second-order valence-corrected chi connectivity index (χ2v) is 7.11. The quantitative estimate of drug-likeness (QED) is 0.663. The molecule has 0 unspecified atom stereocenters. The molecule has 0 spiro atoms. The third-order valence-corrected chi connectivity index (χ3v) is 5.23. The fourth-order valence-corrected chi connectivity index (χ4v) is 3.55. The van der Waals surface area contributed by atoms with Gasteiger partial charge in [-0.3, -0.25) is 5.43 Å². The third kappa shape index (κ3) is 3.23. The van der Waals surface area contributed by atoms with Crippen molar-refractivity contribution in [3.8, 4) is 0 Å². The van der Waals surface area contributed by atoms with Gasteiger partial charge in [-0.05, 0) is 47.7 Å². The second kappa shape index (κ2) is 6.82. The minimum absolute atomic E-state index is 0.712. The molecule has 0 aliphatic carbocycles. The Morgan fingerprint density at radius 1 is 1.08 bits per heavy atom. The van der Waals surface area contributed by atoms with Crippen LogP contribution in [0.1, 0.15) is 28.5 Å². The Labute approximate surface area is 155 Å². The number of aryl methyl sites for hydroxylation is 1. The van der Waals surface area contributed by atoms with Gasteiger partial charge in [-0.2, -0.15) is 5.10 Å². The van der Waals surface area contributed by atoms with Crippen LogP contribution >= 0.6 is 22.9 Å². The second-order valence-electron chi connectivity index (χ2n) is 5.72. The van der Waals surface area contributed by atoms with E-state index in [1.807, 2.05) is 41.8 Å². The summed E-state index contributed by atoms with van der Waals surface area (Å²) in [5.41, 5.74) is 8.23. The number of hydrazone groups is 1. The van der Waals surface area contributed by atoms with Crippen molar-refractivity contribution in [2.24, 2.45) is 10.1 Å². The lowest BCUT2D eigenvalue weighted by atomic mass is 9.98. The lowest BCUT2D eigenvalue weighted by Gasteiger charge is -2.09. The third-order valence-electron chi connectivity index (χ3n) is 4.10. The van der Waals surface area contributed by atoms with Crippen LogP contribution in [0.5, 0.6) is 0 Å². The van der Waals surface area contributed by atoms with Crippen molar-refractivity contribution in [2.45, 2.75) is 13.3 Å². The van der Waals surface area contributed by atoms with E-state index >= 15 is 0 Å². The molecule has 124 valence electrons. The summed E-state index contributed by atoms with van der Waals surface area (Å²) in [5, 5.41) is 7.43. The first-order valence-electron chi connectivity index (χ1n) is 8.10. The first-order chi connectivity index (χ1) is 12.2. The number of hydrogen-bond acceptors (Lipinski definition) is 4. The molecule has 0 saturated heterocycles. The summed E-state index contributed by atoms with van der Waals surface area (Å²) in [5.74, 6) is 0.768. The number of nitrogens with one attached hydrogen (secondary N) is 1. The molecular formula is C20H16ClN3S. The summed E-state index contributed by atoms with van der Waals surface area (Å²) in [6.07, 6.45) is 0.968. The summed E-state index contributed by atoms with van der Waals surface area (Å²) >= 11 is 7.68. The summed E-state index contributed by atoms with van der Waals surface area (Å²) < 4.78 is 0. The lowest BCUT2D eigenvalue weighted by Crippen LogP contribution is -2.18. The molecular weight excluding hydrogens is 350 g/mol. The van der Waals surface area contributed by atoms with Crippen molar-refractivity contribution in [3.63, 3.8) is 0 Å². The van der Waals surface area contributed by atoms with Crippen LogP contribution in [-0.2, 0) is 6.42 Å². The fraction of sp³-hybridized carbons (Fsp3) is 0.100. The zero-order valence-electron chi connectivity index (χ0n) is 13.7. The topological polar surface area (TPSA) is 36.8 Å². The van der Waals surface area contributed by atoms with Crippen LogP contribution in [-0.4, -0.2) is 11.5 Å². The van der Waals surface area contributed by atoms with Crippen molar-refractivity contribution in [1.29, 1.82) is 0 Å². The van der Waals surface area contributed by atoms with E-state index in [1.54, 1.807) is 11.3 Å². The Kier molecular flexibility index (Phi) is 4.38. The van der Waals surface area contributed by atoms with Gasteiger partial charge in [0.2, 0.25) is 0 Å². The molecule has 0 saturated carbocycles. The maximum atomic E-state index is 6.04. The monoisotopic (exact) mass is 365 g/mol. The molecule has 0 bridgehead atoms. The standard InChI is InChI=1S/C20H16ClN3S/c1-2-13-5-10-17-16(12-13)19(14-6-8-15(21)9-7-14)23-24-20(22-17)18-4-3-11-25-18/h3-12H,2H2,1H3,(H,22,24). The Morgan fingerprint density at radius 3 is 2.64 bits per heavy atom. The zero-order valence-corrected chi connectivity index (χ0v) is 15.2. The molecule has 1 N–H and O–H groups in total. The van der Waals surface area contributed by atoms with Gasteiger partial charge in [0, 0.05) is 16.1 Å². The Bertz CT molecular complexity index is 957. The van der Waals surface area contributed by atoms with E-state index in [4.69, 9.17) is 16.6 Å². The predicted octanol–water partition coefficient (Wildman–Crippen LogP) is 5.40. The molecule has 3 aromatic rings. The van der Waals surface area contributed by atoms with Crippen LogP contribution in [0, 0.1) is 0 Å². The highest BCUT2D eigenvalue weighted by Gasteiger charge is 2.18. The van der Waals surface area contributed by atoms with Crippen molar-refractivity contribution in [2.75, 3.05) is 0 Å². The van der Waals surface area contributed by atoms with Crippen LogP contribution in [0.2, 0.25) is 5.02 Å². The number of hydrogen-bond donors (Lipinski definition) is 1. The van der Waals surface area contributed by atoms with E-state index in [0.29, 0.717) is 5.02 Å². The largest absolute Gasteiger partial charge is 0.260 e. The van der Waals surface area contributed by atoms with Gasteiger partial charge < -0.3 is 0 Å². The van der Waals surface area contributed by atoms with E-state index in [9.17, 15) is 0 Å². The van der Waals surface area contributed by atoms with Gasteiger partial charge in [-0.25, -0.2) is 4.99 Å². The van der Waals surface area contributed by atoms with Gasteiger partial charge >= 0.3 is 0 Å². The normalized spacial score (nSPS) is 13.4. The maximum absolute atomic E-state index is 6.04. The van der Waals surface area contributed by atoms with Gasteiger partial charge in [-0.15, -0.1) is 11.3 Å². The Hall–Kier alpha value is -2.43. The smallest absolute Gasteiger partial charge is 0.164 e. The minimum Gasteiger partial charge on any atom is -0.260 e. The number of nitrogens with zero attached hydrogens (tertiary/aromatic N) is 2. The average Bonchev–Trinajstić information content (AvgIpc) is 3.11. The van der Waals surface area contributed by atoms with Crippen LogP contribution in [0.4, 0.5) is 5.69 Å². The van der Waals surface area contributed by atoms with Crippen molar-refractivity contribution < 1.29 is 0 Å². The van der Waals surface area contributed by atoms with Crippen molar-refractivity contribution >= 4 is 40.2 Å².